The lowest BCUT2D eigenvalue weighted by Gasteiger charge is -2.30. The van der Waals surface area contributed by atoms with E-state index >= 15 is 0 Å². The predicted octanol–water partition coefficient (Wildman–Crippen LogP) is 4.28. The maximum atomic E-state index is 13.6. The van der Waals surface area contributed by atoms with Gasteiger partial charge in [-0.3, -0.25) is 9.48 Å². The van der Waals surface area contributed by atoms with Crippen LogP contribution >= 0.6 is 11.6 Å². The van der Waals surface area contributed by atoms with Gasteiger partial charge in [-0.15, -0.1) is 0 Å². The summed E-state index contributed by atoms with van der Waals surface area (Å²) in [5.41, 5.74) is 3.93. The lowest BCUT2D eigenvalue weighted by Crippen LogP contribution is -2.36. The number of morpholine rings is 1. The van der Waals surface area contributed by atoms with E-state index in [0.29, 0.717) is 52.0 Å². The maximum Gasteiger partial charge on any atom is 0.256 e. The zero-order chi connectivity index (χ0) is 22.2. The number of benzene rings is 1. The molecule has 9 heteroatoms. The number of fused-ring (bicyclic) bond motifs is 1. The number of nitrogens with one attached hydrogen (secondary N) is 1. The quantitative estimate of drug-likeness (QED) is 0.498. The molecule has 32 heavy (non-hydrogen) atoms. The molecule has 4 heterocycles. The highest BCUT2D eigenvalue weighted by atomic mass is 35.5. The molecule has 1 aliphatic heterocycles. The van der Waals surface area contributed by atoms with Crippen molar-refractivity contribution in [1.29, 1.82) is 0 Å². The fourth-order valence-corrected chi connectivity index (χ4v) is 4.22. The van der Waals surface area contributed by atoms with Gasteiger partial charge in [-0.05, 0) is 43.3 Å². The molecule has 1 amide bonds. The van der Waals surface area contributed by atoms with Crippen LogP contribution in [0.4, 0.5) is 11.4 Å². The van der Waals surface area contributed by atoms with Gasteiger partial charge in [0, 0.05) is 25.2 Å². The van der Waals surface area contributed by atoms with Gasteiger partial charge in [-0.25, -0.2) is 4.98 Å². The number of nitrogens with zero attached hydrogens (tertiary/aromatic N) is 4. The van der Waals surface area contributed by atoms with Gasteiger partial charge in [-0.1, -0.05) is 11.6 Å². The van der Waals surface area contributed by atoms with Crippen LogP contribution in [0.2, 0.25) is 5.02 Å². The summed E-state index contributed by atoms with van der Waals surface area (Å²) >= 11 is 6.27. The van der Waals surface area contributed by atoms with Crippen LogP contribution in [0, 0.1) is 6.92 Å². The number of halogens is 1. The fraction of sp³-hybridized carbons (Fsp3) is 0.261. The average molecular weight is 452 g/mol. The Morgan fingerprint density at radius 3 is 2.75 bits per heavy atom. The second kappa shape index (κ2) is 8.29. The van der Waals surface area contributed by atoms with Crippen LogP contribution in [0.25, 0.3) is 22.5 Å². The molecule has 164 valence electrons. The molecule has 0 atom stereocenters. The van der Waals surface area contributed by atoms with Gasteiger partial charge in [0.05, 0.1) is 47.5 Å². The van der Waals surface area contributed by atoms with E-state index in [2.05, 4.69) is 20.3 Å². The Balaban J connectivity index is 1.58. The third kappa shape index (κ3) is 3.72. The first-order chi connectivity index (χ1) is 15.5. The van der Waals surface area contributed by atoms with Crippen molar-refractivity contribution in [1.82, 2.24) is 14.8 Å². The summed E-state index contributed by atoms with van der Waals surface area (Å²) in [4.78, 5) is 20.4. The second-order valence-corrected chi connectivity index (χ2v) is 8.09. The van der Waals surface area contributed by atoms with Crippen molar-refractivity contribution in [3.05, 3.63) is 58.9 Å². The number of aryl methyl sites for hydroxylation is 2. The van der Waals surface area contributed by atoms with Crippen molar-refractivity contribution < 1.29 is 13.9 Å². The van der Waals surface area contributed by atoms with E-state index in [0.717, 1.165) is 24.5 Å². The zero-order valence-corrected chi connectivity index (χ0v) is 18.5. The first kappa shape index (κ1) is 20.5. The number of carbonyl (C=O) groups excluding carboxylic acids is 1. The second-order valence-electron chi connectivity index (χ2n) is 7.65. The van der Waals surface area contributed by atoms with Crippen LogP contribution in [0.5, 0.6) is 0 Å². The summed E-state index contributed by atoms with van der Waals surface area (Å²) in [6, 6.07) is 10.9. The molecule has 4 aromatic rings. The Morgan fingerprint density at radius 1 is 1.19 bits per heavy atom. The van der Waals surface area contributed by atoms with E-state index in [1.807, 2.05) is 32.2 Å². The van der Waals surface area contributed by atoms with E-state index in [1.165, 1.54) is 0 Å². The molecular weight excluding hydrogens is 430 g/mol. The van der Waals surface area contributed by atoms with Crippen LogP contribution in [0.1, 0.15) is 16.1 Å². The van der Waals surface area contributed by atoms with Gasteiger partial charge in [-0.2, -0.15) is 5.10 Å². The number of aromatic nitrogens is 3. The molecule has 0 radical (unpaired) electrons. The van der Waals surface area contributed by atoms with Gasteiger partial charge in [0.25, 0.3) is 5.91 Å². The minimum Gasteiger partial charge on any atom is -0.463 e. The van der Waals surface area contributed by atoms with Crippen molar-refractivity contribution in [3.63, 3.8) is 0 Å². The molecule has 5 rings (SSSR count). The normalized spacial score (nSPS) is 14.2. The third-order valence-electron chi connectivity index (χ3n) is 5.55. The Morgan fingerprint density at radius 2 is 2.00 bits per heavy atom. The summed E-state index contributed by atoms with van der Waals surface area (Å²) in [6.45, 7) is 4.64. The molecule has 8 nitrogen and oxygen atoms in total. The van der Waals surface area contributed by atoms with Gasteiger partial charge in [0.2, 0.25) is 0 Å². The van der Waals surface area contributed by atoms with E-state index < -0.39 is 0 Å². The van der Waals surface area contributed by atoms with Crippen LogP contribution in [0.3, 0.4) is 0 Å². The Kier molecular flexibility index (Phi) is 5.32. The summed E-state index contributed by atoms with van der Waals surface area (Å²) in [5.74, 6) is 0.314. The molecule has 1 saturated heterocycles. The minimum atomic E-state index is -0.266. The van der Waals surface area contributed by atoms with Crippen molar-refractivity contribution in [2.75, 3.05) is 36.5 Å². The molecular formula is C23H22ClN5O3. The molecule has 0 bridgehead atoms. The van der Waals surface area contributed by atoms with Crippen molar-refractivity contribution in [3.8, 4) is 11.5 Å². The fourth-order valence-electron chi connectivity index (χ4n) is 4.05. The highest BCUT2D eigenvalue weighted by molar-refractivity contribution is 6.31. The Labute approximate surface area is 189 Å². The van der Waals surface area contributed by atoms with Gasteiger partial charge in [0.15, 0.2) is 11.4 Å². The van der Waals surface area contributed by atoms with E-state index in [1.54, 1.807) is 29.1 Å². The lowest BCUT2D eigenvalue weighted by molar-refractivity contribution is 0.102. The monoisotopic (exact) mass is 451 g/mol. The number of carbonyl (C=O) groups is 1. The maximum absolute atomic E-state index is 13.6. The molecule has 1 N–H and O–H groups in total. The predicted molar refractivity (Wildman–Crippen MR) is 123 cm³/mol. The highest BCUT2D eigenvalue weighted by Gasteiger charge is 2.22. The smallest absolute Gasteiger partial charge is 0.256 e. The zero-order valence-electron chi connectivity index (χ0n) is 17.8. The first-order valence-corrected chi connectivity index (χ1v) is 10.7. The lowest BCUT2D eigenvalue weighted by atomic mass is 10.1. The topological polar surface area (TPSA) is 85.4 Å². The van der Waals surface area contributed by atoms with Crippen LogP contribution in [-0.2, 0) is 11.8 Å². The largest absolute Gasteiger partial charge is 0.463 e. The summed E-state index contributed by atoms with van der Waals surface area (Å²) in [5, 5.41) is 8.78. The van der Waals surface area contributed by atoms with E-state index in [-0.39, 0.29) is 5.91 Å². The number of anilines is 2. The highest BCUT2D eigenvalue weighted by Crippen LogP contribution is 2.32. The molecule has 1 aliphatic rings. The van der Waals surface area contributed by atoms with Crippen LogP contribution in [0.15, 0.2) is 47.1 Å². The Hall–Kier alpha value is -3.36. The van der Waals surface area contributed by atoms with Gasteiger partial charge < -0.3 is 19.4 Å². The molecule has 0 aliphatic carbocycles. The Bertz CT molecular complexity index is 1290. The van der Waals surface area contributed by atoms with Crippen molar-refractivity contribution in [2.24, 2.45) is 7.05 Å². The average Bonchev–Trinajstić information content (AvgIpc) is 3.42. The van der Waals surface area contributed by atoms with Crippen molar-refractivity contribution in [2.45, 2.75) is 6.92 Å². The standard InChI is InChI=1S/C23H22ClN5O3/c1-14-21-16(13-18(20-4-3-9-32-20)25-22(21)28(2)27-14)23(30)26-17-12-15(24)5-6-19(17)29-7-10-31-11-8-29/h3-6,9,12-13H,7-8,10-11H2,1-2H3,(H,26,30). The summed E-state index contributed by atoms with van der Waals surface area (Å²) in [6.07, 6.45) is 1.58. The van der Waals surface area contributed by atoms with Crippen molar-refractivity contribution >= 4 is 39.9 Å². The van der Waals surface area contributed by atoms with Crippen LogP contribution < -0.4 is 10.2 Å². The number of hydrogen-bond acceptors (Lipinski definition) is 6. The molecule has 0 saturated carbocycles. The third-order valence-corrected chi connectivity index (χ3v) is 5.78. The molecule has 3 aromatic heterocycles. The number of amides is 1. The molecule has 1 fully saturated rings. The number of furan rings is 1. The summed E-state index contributed by atoms with van der Waals surface area (Å²) < 4.78 is 12.7. The number of hydrogen-bond donors (Lipinski definition) is 1. The summed E-state index contributed by atoms with van der Waals surface area (Å²) in [7, 11) is 1.81. The number of ether oxygens (including phenoxy) is 1. The SMILES string of the molecule is Cc1nn(C)c2nc(-c3ccco3)cc(C(=O)Nc3cc(Cl)ccc3N3CCOCC3)c12. The van der Waals surface area contributed by atoms with Crippen LogP contribution in [-0.4, -0.2) is 47.0 Å². The number of rotatable bonds is 4. The minimum absolute atomic E-state index is 0.266. The molecule has 0 unspecified atom stereocenters. The molecule has 0 spiro atoms. The van der Waals surface area contributed by atoms with E-state index in [4.69, 9.17) is 20.8 Å². The number of pyridine rings is 1. The first-order valence-electron chi connectivity index (χ1n) is 10.3. The van der Waals surface area contributed by atoms with Gasteiger partial charge in [0.1, 0.15) is 5.69 Å². The molecule has 1 aromatic carbocycles. The van der Waals surface area contributed by atoms with Gasteiger partial charge >= 0.3 is 0 Å². The van der Waals surface area contributed by atoms with E-state index in [9.17, 15) is 4.79 Å².